The van der Waals surface area contributed by atoms with Crippen LogP contribution in [0.2, 0.25) is 0 Å². The van der Waals surface area contributed by atoms with Crippen molar-refractivity contribution in [2.24, 2.45) is 0 Å². The van der Waals surface area contributed by atoms with Gasteiger partial charge in [0.1, 0.15) is 0 Å². The van der Waals surface area contributed by atoms with E-state index in [2.05, 4.69) is 52.3 Å². The van der Waals surface area contributed by atoms with Gasteiger partial charge in [-0.3, -0.25) is 0 Å². The molecule has 96 valence electrons. The first-order chi connectivity index (χ1) is 8.85. The second-order valence-corrected chi connectivity index (χ2v) is 4.98. The number of imidazole rings is 1. The Morgan fingerprint density at radius 2 is 2.17 bits per heavy atom. The maximum atomic E-state index is 4.21. The molecule has 0 aliphatic heterocycles. The number of benzene rings is 1. The average molecular weight is 261 g/mol. The fraction of sp³-hybridized carbons (Fsp3) is 0.357. The molecule has 0 fully saturated rings. The van der Waals surface area contributed by atoms with Crippen molar-refractivity contribution in [1.82, 2.24) is 9.55 Å². The summed E-state index contributed by atoms with van der Waals surface area (Å²) in [5.74, 6) is 0. The molecule has 1 N–H and O–H groups in total. The fourth-order valence-electron chi connectivity index (χ4n) is 1.91. The van der Waals surface area contributed by atoms with Crippen molar-refractivity contribution in [2.45, 2.75) is 31.3 Å². The van der Waals surface area contributed by atoms with Crippen LogP contribution in [0.4, 0.5) is 5.69 Å². The molecule has 0 saturated carbocycles. The molecule has 4 heteroatoms. The molecule has 18 heavy (non-hydrogen) atoms. The highest BCUT2D eigenvalue weighted by atomic mass is 32.2. The smallest absolute Gasteiger partial charge is 0.0948 e. The zero-order valence-corrected chi connectivity index (χ0v) is 11.7. The van der Waals surface area contributed by atoms with Crippen LogP contribution in [0.5, 0.6) is 0 Å². The van der Waals surface area contributed by atoms with E-state index >= 15 is 0 Å². The predicted molar refractivity (Wildman–Crippen MR) is 78.1 cm³/mol. The summed E-state index contributed by atoms with van der Waals surface area (Å²) in [5, 5.41) is 3.48. The summed E-state index contributed by atoms with van der Waals surface area (Å²) in [6.07, 6.45) is 7.07. The SMILES string of the molecule is CCCn1cncc1CNc1ccccc1SC. The zero-order valence-electron chi connectivity index (χ0n) is 10.9. The summed E-state index contributed by atoms with van der Waals surface area (Å²) in [5.41, 5.74) is 2.42. The van der Waals surface area contributed by atoms with Gasteiger partial charge in [-0.15, -0.1) is 11.8 Å². The zero-order chi connectivity index (χ0) is 12.8. The van der Waals surface area contributed by atoms with Gasteiger partial charge >= 0.3 is 0 Å². The highest BCUT2D eigenvalue weighted by Gasteiger charge is 2.03. The number of nitrogens with zero attached hydrogens (tertiary/aromatic N) is 2. The molecule has 0 spiro atoms. The summed E-state index contributed by atoms with van der Waals surface area (Å²) < 4.78 is 2.20. The quantitative estimate of drug-likeness (QED) is 0.805. The third-order valence-electron chi connectivity index (χ3n) is 2.83. The largest absolute Gasteiger partial charge is 0.379 e. The standard InChI is InChI=1S/C14H19N3S/c1-3-8-17-11-15-9-12(17)10-16-13-6-4-5-7-14(13)18-2/h4-7,9,11,16H,3,8,10H2,1-2H3. The van der Waals surface area contributed by atoms with Gasteiger partial charge in [0.15, 0.2) is 0 Å². The van der Waals surface area contributed by atoms with E-state index in [0.717, 1.165) is 19.5 Å². The molecule has 0 unspecified atom stereocenters. The molecular weight excluding hydrogens is 242 g/mol. The highest BCUT2D eigenvalue weighted by molar-refractivity contribution is 7.98. The van der Waals surface area contributed by atoms with Gasteiger partial charge in [0, 0.05) is 23.3 Å². The molecule has 1 aromatic heterocycles. The Morgan fingerprint density at radius 3 is 2.94 bits per heavy atom. The number of para-hydroxylation sites is 1. The lowest BCUT2D eigenvalue weighted by Crippen LogP contribution is -2.07. The lowest BCUT2D eigenvalue weighted by Gasteiger charge is -2.11. The van der Waals surface area contributed by atoms with Gasteiger partial charge in [-0.25, -0.2) is 4.98 Å². The first-order valence-electron chi connectivity index (χ1n) is 6.21. The van der Waals surface area contributed by atoms with E-state index in [1.807, 2.05) is 12.5 Å². The van der Waals surface area contributed by atoms with Crippen LogP contribution in [0.1, 0.15) is 19.0 Å². The number of hydrogen-bond acceptors (Lipinski definition) is 3. The van der Waals surface area contributed by atoms with Crippen LogP contribution in [0, 0.1) is 0 Å². The van der Waals surface area contributed by atoms with Crippen molar-refractivity contribution in [3.05, 3.63) is 42.5 Å². The molecule has 0 saturated heterocycles. The van der Waals surface area contributed by atoms with Crippen molar-refractivity contribution >= 4 is 17.4 Å². The number of thioether (sulfide) groups is 1. The topological polar surface area (TPSA) is 29.9 Å². The molecule has 0 aliphatic rings. The normalized spacial score (nSPS) is 10.6. The Balaban J connectivity index is 2.04. The molecule has 1 aromatic carbocycles. The van der Waals surface area contributed by atoms with Crippen LogP contribution >= 0.6 is 11.8 Å². The maximum absolute atomic E-state index is 4.21. The third-order valence-corrected chi connectivity index (χ3v) is 3.63. The molecule has 1 heterocycles. The van der Waals surface area contributed by atoms with Crippen LogP contribution in [0.3, 0.4) is 0 Å². The van der Waals surface area contributed by atoms with E-state index in [1.165, 1.54) is 16.3 Å². The molecule has 2 aromatic rings. The van der Waals surface area contributed by atoms with Crippen molar-refractivity contribution in [2.75, 3.05) is 11.6 Å². The molecular formula is C14H19N3S. The van der Waals surface area contributed by atoms with E-state index < -0.39 is 0 Å². The predicted octanol–water partition coefficient (Wildman–Crippen LogP) is 3.63. The van der Waals surface area contributed by atoms with Crippen LogP contribution in [0.15, 0.2) is 41.7 Å². The molecule has 0 atom stereocenters. The minimum Gasteiger partial charge on any atom is -0.379 e. The number of hydrogen-bond donors (Lipinski definition) is 1. The fourth-order valence-corrected chi connectivity index (χ4v) is 2.49. The number of aromatic nitrogens is 2. The summed E-state index contributed by atoms with van der Waals surface area (Å²) in [7, 11) is 0. The first kappa shape index (κ1) is 13.0. The van der Waals surface area contributed by atoms with Crippen LogP contribution in [-0.2, 0) is 13.1 Å². The summed E-state index contributed by atoms with van der Waals surface area (Å²) in [4.78, 5) is 5.49. The van der Waals surface area contributed by atoms with Crippen molar-refractivity contribution in [3.63, 3.8) is 0 Å². The van der Waals surface area contributed by atoms with E-state index in [4.69, 9.17) is 0 Å². The van der Waals surface area contributed by atoms with Gasteiger partial charge in [-0.05, 0) is 24.8 Å². The number of nitrogens with one attached hydrogen (secondary N) is 1. The number of rotatable bonds is 6. The van der Waals surface area contributed by atoms with Gasteiger partial charge in [0.2, 0.25) is 0 Å². The Labute approximate surface area is 113 Å². The van der Waals surface area contributed by atoms with E-state index in [1.54, 1.807) is 11.8 Å². The molecule has 0 radical (unpaired) electrons. The minimum atomic E-state index is 0.817. The Kier molecular flexibility index (Phi) is 4.70. The molecule has 0 amide bonds. The Morgan fingerprint density at radius 1 is 1.33 bits per heavy atom. The Hall–Kier alpha value is -1.42. The summed E-state index contributed by atoms with van der Waals surface area (Å²) in [6, 6.07) is 8.38. The van der Waals surface area contributed by atoms with Crippen LogP contribution in [-0.4, -0.2) is 15.8 Å². The van der Waals surface area contributed by atoms with Crippen LogP contribution in [0.25, 0.3) is 0 Å². The monoisotopic (exact) mass is 261 g/mol. The summed E-state index contributed by atoms with van der Waals surface area (Å²) >= 11 is 1.76. The molecule has 0 bridgehead atoms. The second-order valence-electron chi connectivity index (χ2n) is 4.13. The highest BCUT2D eigenvalue weighted by Crippen LogP contribution is 2.24. The van der Waals surface area contributed by atoms with Gasteiger partial charge in [-0.1, -0.05) is 19.1 Å². The van der Waals surface area contributed by atoms with Gasteiger partial charge in [0.05, 0.1) is 18.6 Å². The molecule has 3 nitrogen and oxygen atoms in total. The van der Waals surface area contributed by atoms with Crippen molar-refractivity contribution in [3.8, 4) is 0 Å². The average Bonchev–Trinajstić information content (AvgIpc) is 2.84. The maximum Gasteiger partial charge on any atom is 0.0948 e. The number of aryl methyl sites for hydroxylation is 1. The van der Waals surface area contributed by atoms with Gasteiger partial charge in [0.25, 0.3) is 0 Å². The van der Waals surface area contributed by atoms with Gasteiger partial charge < -0.3 is 9.88 Å². The first-order valence-corrected chi connectivity index (χ1v) is 7.43. The van der Waals surface area contributed by atoms with E-state index in [0.29, 0.717) is 0 Å². The second kappa shape index (κ2) is 6.50. The third kappa shape index (κ3) is 3.07. The lowest BCUT2D eigenvalue weighted by molar-refractivity contribution is 0.651. The lowest BCUT2D eigenvalue weighted by atomic mass is 10.3. The molecule has 2 rings (SSSR count). The number of anilines is 1. The van der Waals surface area contributed by atoms with Crippen LogP contribution < -0.4 is 5.32 Å². The van der Waals surface area contributed by atoms with Crippen molar-refractivity contribution < 1.29 is 0 Å². The minimum absolute atomic E-state index is 0.817. The van der Waals surface area contributed by atoms with E-state index in [9.17, 15) is 0 Å². The van der Waals surface area contributed by atoms with Gasteiger partial charge in [-0.2, -0.15) is 0 Å². The summed E-state index contributed by atoms with van der Waals surface area (Å²) in [6.45, 7) is 4.03. The molecule has 0 aliphatic carbocycles. The Bertz CT molecular complexity index is 493. The van der Waals surface area contributed by atoms with E-state index in [-0.39, 0.29) is 0 Å². The van der Waals surface area contributed by atoms with Crippen molar-refractivity contribution in [1.29, 1.82) is 0 Å².